The highest BCUT2D eigenvalue weighted by Gasteiger charge is 2.19. The standard InChI is InChI=1S/C19H23N3O4/c1-25-15-7-9-16(10-8-15)26-12-11-21-18(23)17(22-19(20)24)13-14-5-3-2-4-6-14/h2-10,17H,11-13H2,1H3,(H,21,23)(H3,20,22,24)/t17-/m1/s1. The maximum absolute atomic E-state index is 12.3. The Morgan fingerprint density at radius 3 is 2.31 bits per heavy atom. The maximum Gasteiger partial charge on any atom is 0.312 e. The first-order valence-corrected chi connectivity index (χ1v) is 8.23. The molecule has 0 fully saturated rings. The van der Waals surface area contributed by atoms with Crippen molar-refractivity contribution < 1.29 is 19.1 Å². The summed E-state index contributed by atoms with van der Waals surface area (Å²) in [7, 11) is 1.59. The number of methoxy groups -OCH3 is 1. The Labute approximate surface area is 152 Å². The van der Waals surface area contributed by atoms with E-state index in [1.807, 2.05) is 30.3 Å². The highest BCUT2D eigenvalue weighted by Crippen LogP contribution is 2.16. The molecule has 2 aromatic carbocycles. The maximum atomic E-state index is 12.3. The Bertz CT molecular complexity index is 704. The van der Waals surface area contributed by atoms with Gasteiger partial charge in [-0.1, -0.05) is 30.3 Å². The molecular weight excluding hydrogens is 334 g/mol. The number of hydrogen-bond donors (Lipinski definition) is 3. The summed E-state index contributed by atoms with van der Waals surface area (Å²) in [6.45, 7) is 0.600. The fourth-order valence-corrected chi connectivity index (χ4v) is 2.37. The van der Waals surface area contributed by atoms with Crippen LogP contribution < -0.4 is 25.8 Å². The van der Waals surface area contributed by atoms with Crippen LogP contribution in [0.4, 0.5) is 4.79 Å². The largest absolute Gasteiger partial charge is 0.497 e. The smallest absolute Gasteiger partial charge is 0.312 e. The summed E-state index contributed by atoms with van der Waals surface area (Å²) in [6.07, 6.45) is 0.356. The summed E-state index contributed by atoms with van der Waals surface area (Å²) in [5.41, 5.74) is 6.10. The highest BCUT2D eigenvalue weighted by atomic mass is 16.5. The summed E-state index contributed by atoms with van der Waals surface area (Å²) >= 11 is 0. The molecule has 0 radical (unpaired) electrons. The third-order valence-electron chi connectivity index (χ3n) is 3.65. The number of nitrogens with two attached hydrogens (primary N) is 1. The molecule has 4 N–H and O–H groups in total. The Morgan fingerprint density at radius 2 is 1.69 bits per heavy atom. The summed E-state index contributed by atoms with van der Waals surface area (Å²) in [5, 5.41) is 5.21. The van der Waals surface area contributed by atoms with Gasteiger partial charge in [0.15, 0.2) is 0 Å². The Hall–Kier alpha value is -3.22. The number of amides is 3. The zero-order valence-electron chi connectivity index (χ0n) is 14.6. The molecule has 0 saturated carbocycles. The van der Waals surface area contributed by atoms with Crippen molar-refractivity contribution in [2.75, 3.05) is 20.3 Å². The number of nitrogens with one attached hydrogen (secondary N) is 2. The number of rotatable bonds is 9. The van der Waals surface area contributed by atoms with E-state index in [-0.39, 0.29) is 5.91 Å². The van der Waals surface area contributed by atoms with Gasteiger partial charge in [0.05, 0.1) is 13.7 Å². The molecule has 0 aliphatic carbocycles. The van der Waals surface area contributed by atoms with E-state index in [9.17, 15) is 9.59 Å². The van der Waals surface area contributed by atoms with Gasteiger partial charge >= 0.3 is 6.03 Å². The molecular formula is C19H23N3O4. The van der Waals surface area contributed by atoms with Crippen LogP contribution in [-0.2, 0) is 11.2 Å². The third kappa shape index (κ3) is 6.35. The second-order valence-electron chi connectivity index (χ2n) is 5.57. The number of ether oxygens (including phenoxy) is 2. The zero-order chi connectivity index (χ0) is 18.8. The van der Waals surface area contributed by atoms with Crippen molar-refractivity contribution in [3.63, 3.8) is 0 Å². The lowest BCUT2D eigenvalue weighted by Crippen LogP contribution is -2.50. The van der Waals surface area contributed by atoms with Crippen LogP contribution in [0.15, 0.2) is 54.6 Å². The molecule has 1 atom stereocenters. The zero-order valence-corrected chi connectivity index (χ0v) is 14.6. The van der Waals surface area contributed by atoms with Crippen molar-refractivity contribution in [3.05, 3.63) is 60.2 Å². The normalized spacial score (nSPS) is 11.3. The molecule has 3 amide bonds. The number of carbonyl (C=O) groups excluding carboxylic acids is 2. The minimum atomic E-state index is -0.740. The van der Waals surface area contributed by atoms with Gasteiger partial charge in [0, 0.05) is 6.42 Å². The van der Waals surface area contributed by atoms with Crippen molar-refractivity contribution in [3.8, 4) is 11.5 Å². The molecule has 0 spiro atoms. The van der Waals surface area contributed by atoms with Gasteiger partial charge in [0.1, 0.15) is 24.1 Å². The van der Waals surface area contributed by atoms with Crippen LogP contribution in [0, 0.1) is 0 Å². The number of primary amides is 1. The van der Waals surface area contributed by atoms with E-state index in [1.165, 1.54) is 0 Å². The predicted molar refractivity (Wildman–Crippen MR) is 98.2 cm³/mol. The summed E-state index contributed by atoms with van der Waals surface area (Å²) in [4.78, 5) is 23.5. The fourth-order valence-electron chi connectivity index (χ4n) is 2.37. The highest BCUT2D eigenvalue weighted by molar-refractivity contribution is 5.86. The first-order chi connectivity index (χ1) is 12.6. The van der Waals surface area contributed by atoms with Gasteiger partial charge in [-0.25, -0.2) is 4.79 Å². The van der Waals surface area contributed by atoms with Crippen molar-refractivity contribution in [1.82, 2.24) is 10.6 Å². The molecule has 7 heteroatoms. The fraction of sp³-hybridized carbons (Fsp3) is 0.263. The quantitative estimate of drug-likeness (QED) is 0.591. The van der Waals surface area contributed by atoms with Gasteiger partial charge in [0.25, 0.3) is 0 Å². The van der Waals surface area contributed by atoms with Crippen molar-refractivity contribution in [2.45, 2.75) is 12.5 Å². The minimum absolute atomic E-state index is 0.298. The number of carbonyl (C=O) groups is 2. The first kappa shape index (κ1) is 19.1. The molecule has 0 unspecified atom stereocenters. The molecule has 7 nitrogen and oxygen atoms in total. The molecule has 26 heavy (non-hydrogen) atoms. The van der Waals surface area contributed by atoms with Crippen LogP contribution in [0.3, 0.4) is 0 Å². The van der Waals surface area contributed by atoms with E-state index in [2.05, 4.69) is 10.6 Å². The summed E-state index contributed by atoms with van der Waals surface area (Å²) in [6, 6.07) is 15.1. The Morgan fingerprint density at radius 1 is 1.04 bits per heavy atom. The van der Waals surface area contributed by atoms with E-state index in [0.717, 1.165) is 11.3 Å². The second kappa shape index (κ2) is 9.93. The summed E-state index contributed by atoms with van der Waals surface area (Å²) in [5.74, 6) is 1.11. The van der Waals surface area contributed by atoms with Gasteiger partial charge in [-0.3, -0.25) is 4.79 Å². The first-order valence-electron chi connectivity index (χ1n) is 8.23. The van der Waals surface area contributed by atoms with E-state index in [0.29, 0.717) is 25.3 Å². The monoisotopic (exact) mass is 357 g/mol. The molecule has 138 valence electrons. The van der Waals surface area contributed by atoms with Crippen LogP contribution >= 0.6 is 0 Å². The van der Waals surface area contributed by atoms with E-state index in [4.69, 9.17) is 15.2 Å². The van der Waals surface area contributed by atoms with Crippen LogP contribution in [-0.4, -0.2) is 38.2 Å². The molecule has 0 aromatic heterocycles. The van der Waals surface area contributed by atoms with E-state index in [1.54, 1.807) is 31.4 Å². The summed E-state index contributed by atoms with van der Waals surface area (Å²) < 4.78 is 10.6. The van der Waals surface area contributed by atoms with Crippen LogP contribution in [0.5, 0.6) is 11.5 Å². The molecule has 0 bridgehead atoms. The van der Waals surface area contributed by atoms with Gasteiger partial charge in [0.2, 0.25) is 5.91 Å². The van der Waals surface area contributed by atoms with Gasteiger partial charge in [-0.2, -0.15) is 0 Å². The molecule has 2 aromatic rings. The number of hydrogen-bond acceptors (Lipinski definition) is 4. The van der Waals surface area contributed by atoms with Crippen LogP contribution in [0.1, 0.15) is 5.56 Å². The average Bonchev–Trinajstić information content (AvgIpc) is 2.65. The van der Waals surface area contributed by atoms with E-state index < -0.39 is 12.1 Å². The lowest BCUT2D eigenvalue weighted by atomic mass is 10.1. The molecule has 0 aliphatic rings. The number of urea groups is 1. The van der Waals surface area contributed by atoms with Gasteiger partial charge < -0.3 is 25.8 Å². The topological polar surface area (TPSA) is 103 Å². The van der Waals surface area contributed by atoms with Gasteiger partial charge in [-0.05, 0) is 29.8 Å². The van der Waals surface area contributed by atoms with Crippen molar-refractivity contribution in [2.24, 2.45) is 5.73 Å². The minimum Gasteiger partial charge on any atom is -0.497 e. The van der Waals surface area contributed by atoms with Crippen LogP contribution in [0.2, 0.25) is 0 Å². The molecule has 2 rings (SSSR count). The Balaban J connectivity index is 1.81. The average molecular weight is 357 g/mol. The molecule has 0 aliphatic heterocycles. The van der Waals surface area contributed by atoms with Gasteiger partial charge in [-0.15, -0.1) is 0 Å². The van der Waals surface area contributed by atoms with E-state index >= 15 is 0 Å². The molecule has 0 saturated heterocycles. The SMILES string of the molecule is COc1ccc(OCCNC(=O)[C@@H](Cc2ccccc2)NC(N)=O)cc1. The number of benzene rings is 2. The van der Waals surface area contributed by atoms with Crippen LogP contribution in [0.25, 0.3) is 0 Å². The molecule has 0 heterocycles. The van der Waals surface area contributed by atoms with Crippen molar-refractivity contribution >= 4 is 11.9 Å². The third-order valence-corrected chi connectivity index (χ3v) is 3.65. The lowest BCUT2D eigenvalue weighted by molar-refractivity contribution is -0.123. The van der Waals surface area contributed by atoms with Crippen molar-refractivity contribution in [1.29, 1.82) is 0 Å². The predicted octanol–water partition coefficient (Wildman–Crippen LogP) is 1.47. The lowest BCUT2D eigenvalue weighted by Gasteiger charge is -2.17. The second-order valence-corrected chi connectivity index (χ2v) is 5.57. The Kier molecular flexibility index (Phi) is 7.30.